The standard InChI is InChI=1S/C16H15F4N3O3/c1-9(2-7-13(24)25)22-15(26)12-8-21-23(14(12)16(18,19)20)11-5-3-10(17)4-6-11/h3-6,8-9H,2,7H2,1H3,(H,22,26)(H,24,25). The van der Waals surface area contributed by atoms with Crippen molar-refractivity contribution in [1.29, 1.82) is 0 Å². The molecule has 1 amide bonds. The number of carbonyl (C=O) groups excluding carboxylic acids is 1. The molecule has 0 saturated heterocycles. The fourth-order valence-electron chi connectivity index (χ4n) is 2.28. The lowest BCUT2D eigenvalue weighted by atomic mass is 10.1. The number of carboxylic acid groups (broad SMARTS) is 1. The quantitative estimate of drug-likeness (QED) is 0.763. The molecule has 1 aromatic heterocycles. The zero-order chi connectivity index (χ0) is 19.5. The van der Waals surface area contributed by atoms with Crippen molar-refractivity contribution in [3.8, 4) is 5.69 Å². The molecule has 10 heteroatoms. The van der Waals surface area contributed by atoms with Crippen molar-refractivity contribution in [3.63, 3.8) is 0 Å². The first-order valence-electron chi connectivity index (χ1n) is 7.53. The molecule has 1 aromatic carbocycles. The first-order valence-corrected chi connectivity index (χ1v) is 7.53. The van der Waals surface area contributed by atoms with Gasteiger partial charge in [0.2, 0.25) is 0 Å². The Kier molecular flexibility index (Phi) is 5.63. The van der Waals surface area contributed by atoms with Crippen LogP contribution in [0.4, 0.5) is 17.6 Å². The molecule has 6 nitrogen and oxygen atoms in total. The van der Waals surface area contributed by atoms with Gasteiger partial charge in [0, 0.05) is 12.5 Å². The van der Waals surface area contributed by atoms with Crippen LogP contribution in [0.2, 0.25) is 0 Å². The molecule has 0 aliphatic carbocycles. The Morgan fingerprint density at radius 3 is 2.42 bits per heavy atom. The van der Waals surface area contributed by atoms with Crippen molar-refractivity contribution >= 4 is 11.9 Å². The number of hydrogen-bond donors (Lipinski definition) is 2. The molecular weight excluding hydrogens is 358 g/mol. The summed E-state index contributed by atoms with van der Waals surface area (Å²) in [5.41, 5.74) is -2.06. The van der Waals surface area contributed by atoms with E-state index in [2.05, 4.69) is 10.4 Å². The molecule has 0 aliphatic rings. The number of nitrogens with one attached hydrogen (secondary N) is 1. The molecule has 0 spiro atoms. The highest BCUT2D eigenvalue weighted by Crippen LogP contribution is 2.33. The molecule has 0 aliphatic heterocycles. The number of rotatable bonds is 6. The van der Waals surface area contributed by atoms with Gasteiger partial charge in [0.25, 0.3) is 5.91 Å². The van der Waals surface area contributed by atoms with Crippen molar-refractivity contribution in [2.75, 3.05) is 0 Å². The number of aliphatic carboxylic acids is 1. The fourth-order valence-corrected chi connectivity index (χ4v) is 2.28. The molecule has 1 unspecified atom stereocenters. The number of benzene rings is 1. The zero-order valence-corrected chi connectivity index (χ0v) is 13.5. The van der Waals surface area contributed by atoms with Crippen LogP contribution in [0.3, 0.4) is 0 Å². The van der Waals surface area contributed by atoms with E-state index in [1.807, 2.05) is 0 Å². The van der Waals surface area contributed by atoms with E-state index in [0.717, 1.165) is 30.5 Å². The molecule has 2 rings (SSSR count). The van der Waals surface area contributed by atoms with Gasteiger partial charge in [-0.15, -0.1) is 0 Å². The minimum absolute atomic E-state index is 0.0586. The Morgan fingerprint density at radius 1 is 1.27 bits per heavy atom. The monoisotopic (exact) mass is 373 g/mol. The molecule has 26 heavy (non-hydrogen) atoms. The highest BCUT2D eigenvalue weighted by Gasteiger charge is 2.40. The Balaban J connectivity index is 2.33. The van der Waals surface area contributed by atoms with Gasteiger partial charge >= 0.3 is 12.1 Å². The van der Waals surface area contributed by atoms with E-state index in [-0.39, 0.29) is 18.5 Å². The number of halogens is 4. The molecule has 1 atom stereocenters. The lowest BCUT2D eigenvalue weighted by Gasteiger charge is -2.15. The summed E-state index contributed by atoms with van der Waals surface area (Å²) in [5, 5.41) is 14.5. The average Bonchev–Trinajstić information content (AvgIpc) is 2.99. The second-order valence-electron chi connectivity index (χ2n) is 5.60. The summed E-state index contributed by atoms with van der Waals surface area (Å²) in [6, 6.07) is 3.52. The minimum atomic E-state index is -4.89. The summed E-state index contributed by atoms with van der Waals surface area (Å²) >= 11 is 0. The highest BCUT2D eigenvalue weighted by molar-refractivity contribution is 5.95. The van der Waals surface area contributed by atoms with Gasteiger partial charge in [-0.1, -0.05) is 0 Å². The third kappa shape index (κ3) is 4.58. The smallest absolute Gasteiger partial charge is 0.434 e. The number of carbonyl (C=O) groups is 2. The lowest BCUT2D eigenvalue weighted by Crippen LogP contribution is -2.34. The van der Waals surface area contributed by atoms with Crippen molar-refractivity contribution in [2.45, 2.75) is 32.0 Å². The molecule has 2 aromatic rings. The van der Waals surface area contributed by atoms with Crippen LogP contribution < -0.4 is 5.32 Å². The molecule has 0 bridgehead atoms. The van der Waals surface area contributed by atoms with Crippen molar-refractivity contribution < 1.29 is 32.3 Å². The maximum Gasteiger partial charge on any atom is 0.434 e. The Labute approximate surface area is 145 Å². The molecule has 0 fully saturated rings. The SMILES string of the molecule is CC(CCC(=O)O)NC(=O)c1cnn(-c2ccc(F)cc2)c1C(F)(F)F. The topological polar surface area (TPSA) is 84.2 Å². The first kappa shape index (κ1) is 19.4. The number of aromatic nitrogens is 2. The summed E-state index contributed by atoms with van der Waals surface area (Å²) in [4.78, 5) is 22.7. The van der Waals surface area contributed by atoms with E-state index in [1.165, 1.54) is 6.92 Å². The molecule has 0 radical (unpaired) electrons. The van der Waals surface area contributed by atoms with Crippen molar-refractivity contribution in [2.24, 2.45) is 0 Å². The van der Waals surface area contributed by atoms with Gasteiger partial charge < -0.3 is 10.4 Å². The summed E-state index contributed by atoms with van der Waals surface area (Å²) in [5.74, 6) is -2.73. The summed E-state index contributed by atoms with van der Waals surface area (Å²) in [6.45, 7) is 1.48. The van der Waals surface area contributed by atoms with E-state index < -0.39 is 41.2 Å². The van der Waals surface area contributed by atoms with Gasteiger partial charge in [-0.3, -0.25) is 9.59 Å². The highest BCUT2D eigenvalue weighted by atomic mass is 19.4. The van der Waals surface area contributed by atoms with Gasteiger partial charge in [0.05, 0.1) is 17.4 Å². The number of hydrogen-bond acceptors (Lipinski definition) is 3. The van der Waals surface area contributed by atoms with Crippen LogP contribution >= 0.6 is 0 Å². The van der Waals surface area contributed by atoms with Crippen LogP contribution in [0.5, 0.6) is 0 Å². The number of nitrogens with zero attached hydrogens (tertiary/aromatic N) is 2. The van der Waals surface area contributed by atoms with E-state index in [9.17, 15) is 27.2 Å². The number of carboxylic acids is 1. The zero-order valence-electron chi connectivity index (χ0n) is 13.5. The molecule has 1 heterocycles. The maximum absolute atomic E-state index is 13.5. The van der Waals surface area contributed by atoms with Crippen molar-refractivity contribution in [3.05, 3.63) is 47.5 Å². The molecule has 140 valence electrons. The summed E-state index contributed by atoms with van der Waals surface area (Å²) in [6.07, 6.45) is -4.29. The van der Waals surface area contributed by atoms with E-state index in [0.29, 0.717) is 4.68 Å². The average molecular weight is 373 g/mol. The number of alkyl halides is 3. The lowest BCUT2D eigenvalue weighted by molar-refractivity contribution is -0.143. The Hall–Kier alpha value is -2.91. The Bertz CT molecular complexity index is 800. The van der Waals surface area contributed by atoms with Gasteiger partial charge in [-0.2, -0.15) is 18.3 Å². The molecule has 0 saturated carbocycles. The summed E-state index contributed by atoms with van der Waals surface area (Å²) < 4.78 is 53.9. The predicted molar refractivity (Wildman–Crippen MR) is 82.3 cm³/mol. The van der Waals surface area contributed by atoms with Gasteiger partial charge in [0.15, 0.2) is 5.69 Å². The van der Waals surface area contributed by atoms with Crippen LogP contribution in [-0.2, 0) is 11.0 Å². The summed E-state index contributed by atoms with van der Waals surface area (Å²) in [7, 11) is 0. The first-order chi connectivity index (χ1) is 12.1. The molecule has 2 N–H and O–H groups in total. The minimum Gasteiger partial charge on any atom is -0.481 e. The fraction of sp³-hybridized carbons (Fsp3) is 0.312. The van der Waals surface area contributed by atoms with E-state index >= 15 is 0 Å². The molecular formula is C16H15F4N3O3. The van der Waals surface area contributed by atoms with Crippen LogP contribution in [0.1, 0.15) is 35.8 Å². The third-order valence-corrected chi connectivity index (χ3v) is 3.52. The second-order valence-corrected chi connectivity index (χ2v) is 5.60. The normalized spacial score (nSPS) is 12.7. The van der Waals surface area contributed by atoms with Gasteiger partial charge in [0.1, 0.15) is 5.82 Å². The largest absolute Gasteiger partial charge is 0.481 e. The Morgan fingerprint density at radius 2 is 1.88 bits per heavy atom. The predicted octanol–water partition coefficient (Wildman–Crippen LogP) is 3.01. The van der Waals surface area contributed by atoms with Crippen LogP contribution in [-0.4, -0.2) is 32.8 Å². The van der Waals surface area contributed by atoms with Crippen molar-refractivity contribution in [1.82, 2.24) is 15.1 Å². The number of amides is 1. The second kappa shape index (κ2) is 7.54. The third-order valence-electron chi connectivity index (χ3n) is 3.52. The van der Waals surface area contributed by atoms with Gasteiger partial charge in [-0.25, -0.2) is 9.07 Å². The van der Waals surface area contributed by atoms with Crippen LogP contribution in [0.25, 0.3) is 5.69 Å². The van der Waals surface area contributed by atoms with Gasteiger partial charge in [-0.05, 0) is 37.6 Å². The van der Waals surface area contributed by atoms with E-state index in [4.69, 9.17) is 5.11 Å². The maximum atomic E-state index is 13.5. The van der Waals surface area contributed by atoms with Crippen LogP contribution in [0, 0.1) is 5.82 Å². The van der Waals surface area contributed by atoms with E-state index in [1.54, 1.807) is 0 Å². The van der Waals surface area contributed by atoms with Crippen LogP contribution in [0.15, 0.2) is 30.5 Å².